The zero-order valence-corrected chi connectivity index (χ0v) is 17.9. The van der Waals surface area contributed by atoms with Crippen molar-refractivity contribution in [1.29, 1.82) is 0 Å². The number of ether oxygens (including phenoxy) is 2. The molecule has 2 aliphatic heterocycles. The van der Waals surface area contributed by atoms with Crippen molar-refractivity contribution in [2.45, 2.75) is 19.0 Å². The molecule has 1 amide bonds. The van der Waals surface area contributed by atoms with Crippen molar-refractivity contribution in [3.63, 3.8) is 0 Å². The van der Waals surface area contributed by atoms with E-state index in [0.717, 1.165) is 10.6 Å². The van der Waals surface area contributed by atoms with Crippen LogP contribution in [0.5, 0.6) is 11.5 Å². The standard InChI is InChI=1S/C20H24N2O5S2/c1-21(16-6-10-29(24,25)14-16)13-20(23)22(12-17-3-2-9-28-17)15-4-5-18-19(11-15)27-8-7-26-18/h2-5,9,11,16H,6-8,10,12-14H2,1H3/t16-/m0/s1. The molecule has 1 fully saturated rings. The minimum atomic E-state index is -3.00. The lowest BCUT2D eigenvalue weighted by Gasteiger charge is -2.29. The molecular formula is C20H24N2O5S2. The Morgan fingerprint density at radius 3 is 2.69 bits per heavy atom. The second-order valence-corrected chi connectivity index (χ2v) is 10.6. The van der Waals surface area contributed by atoms with Crippen molar-refractivity contribution >= 4 is 32.8 Å². The molecule has 2 aliphatic rings. The van der Waals surface area contributed by atoms with Gasteiger partial charge in [-0.2, -0.15) is 0 Å². The molecule has 1 aromatic heterocycles. The van der Waals surface area contributed by atoms with Crippen LogP contribution in [0.4, 0.5) is 5.69 Å². The van der Waals surface area contributed by atoms with E-state index in [1.54, 1.807) is 16.2 Å². The molecule has 156 valence electrons. The summed E-state index contributed by atoms with van der Waals surface area (Å²) in [7, 11) is -1.18. The van der Waals surface area contributed by atoms with Crippen LogP contribution < -0.4 is 14.4 Å². The summed E-state index contributed by atoms with van der Waals surface area (Å²) in [4.78, 5) is 17.9. The maximum atomic E-state index is 13.2. The number of rotatable bonds is 6. The molecule has 0 radical (unpaired) electrons. The number of thiophene rings is 1. The molecule has 9 heteroatoms. The number of carbonyl (C=O) groups is 1. The lowest BCUT2D eigenvalue weighted by Crippen LogP contribution is -2.43. The van der Waals surface area contributed by atoms with Crippen LogP contribution in [-0.4, -0.2) is 63.6 Å². The van der Waals surface area contributed by atoms with E-state index >= 15 is 0 Å². The summed E-state index contributed by atoms with van der Waals surface area (Å²) in [5.74, 6) is 1.54. The number of likely N-dealkylation sites (N-methyl/N-ethyl adjacent to an activating group) is 1. The van der Waals surface area contributed by atoms with Crippen LogP contribution in [0, 0.1) is 0 Å². The van der Waals surface area contributed by atoms with E-state index < -0.39 is 9.84 Å². The number of sulfone groups is 1. The molecule has 29 heavy (non-hydrogen) atoms. The number of benzene rings is 1. The highest BCUT2D eigenvalue weighted by molar-refractivity contribution is 7.91. The predicted molar refractivity (Wildman–Crippen MR) is 113 cm³/mol. The zero-order valence-electron chi connectivity index (χ0n) is 16.2. The molecule has 0 spiro atoms. The summed E-state index contributed by atoms with van der Waals surface area (Å²) in [5, 5.41) is 1.98. The molecule has 0 bridgehead atoms. The van der Waals surface area contributed by atoms with Gasteiger partial charge < -0.3 is 14.4 Å². The number of anilines is 1. The normalized spacial score (nSPS) is 20.0. The first-order chi connectivity index (χ1) is 13.9. The number of hydrogen-bond donors (Lipinski definition) is 0. The lowest BCUT2D eigenvalue weighted by molar-refractivity contribution is -0.120. The Balaban J connectivity index is 1.54. The molecule has 0 saturated carbocycles. The van der Waals surface area contributed by atoms with Crippen LogP contribution in [-0.2, 0) is 21.2 Å². The third kappa shape index (κ3) is 4.73. The first kappa shape index (κ1) is 20.2. The van der Waals surface area contributed by atoms with Gasteiger partial charge in [0.15, 0.2) is 21.3 Å². The van der Waals surface area contributed by atoms with Gasteiger partial charge in [0.1, 0.15) is 13.2 Å². The fourth-order valence-electron chi connectivity index (χ4n) is 3.63. The van der Waals surface area contributed by atoms with E-state index in [0.29, 0.717) is 37.7 Å². The predicted octanol–water partition coefficient (Wildman–Crippen LogP) is 2.17. The van der Waals surface area contributed by atoms with Crippen LogP contribution in [0.1, 0.15) is 11.3 Å². The van der Waals surface area contributed by atoms with Crippen LogP contribution in [0.25, 0.3) is 0 Å². The van der Waals surface area contributed by atoms with E-state index in [1.165, 1.54) is 0 Å². The van der Waals surface area contributed by atoms with Crippen LogP contribution in [0.15, 0.2) is 35.7 Å². The number of nitrogens with zero attached hydrogens (tertiary/aromatic N) is 2. The fraction of sp³-hybridized carbons (Fsp3) is 0.450. The Labute approximate surface area is 174 Å². The van der Waals surface area contributed by atoms with E-state index in [-0.39, 0.29) is 30.0 Å². The second kappa shape index (κ2) is 8.33. The van der Waals surface area contributed by atoms with Crippen LogP contribution in [0.3, 0.4) is 0 Å². The van der Waals surface area contributed by atoms with Crippen LogP contribution >= 0.6 is 11.3 Å². The molecule has 0 aliphatic carbocycles. The smallest absolute Gasteiger partial charge is 0.241 e. The number of fused-ring (bicyclic) bond motifs is 1. The molecule has 2 aromatic rings. The quantitative estimate of drug-likeness (QED) is 0.691. The fourth-order valence-corrected chi connectivity index (χ4v) is 6.13. The first-order valence-corrected chi connectivity index (χ1v) is 12.2. The van der Waals surface area contributed by atoms with Gasteiger partial charge in [-0.25, -0.2) is 8.42 Å². The Hall–Kier alpha value is -2.10. The van der Waals surface area contributed by atoms with Crippen molar-refractivity contribution < 1.29 is 22.7 Å². The summed E-state index contributed by atoms with van der Waals surface area (Å²) in [6.45, 7) is 1.60. The van der Waals surface area contributed by atoms with Gasteiger partial charge in [0.05, 0.1) is 24.6 Å². The largest absolute Gasteiger partial charge is 0.486 e. The monoisotopic (exact) mass is 436 g/mol. The molecule has 4 rings (SSSR count). The Bertz CT molecular complexity index is 975. The maximum absolute atomic E-state index is 13.2. The minimum absolute atomic E-state index is 0.0816. The molecule has 3 heterocycles. The first-order valence-electron chi connectivity index (χ1n) is 9.54. The third-order valence-electron chi connectivity index (χ3n) is 5.25. The van der Waals surface area contributed by atoms with Gasteiger partial charge in [-0.3, -0.25) is 9.69 Å². The molecule has 1 aromatic carbocycles. The summed E-state index contributed by atoms with van der Waals surface area (Å²) < 4.78 is 34.8. The number of hydrogen-bond acceptors (Lipinski definition) is 7. The van der Waals surface area contributed by atoms with Gasteiger partial charge in [-0.15, -0.1) is 11.3 Å². The summed E-state index contributed by atoms with van der Waals surface area (Å²) in [6.07, 6.45) is 0.570. The summed E-state index contributed by atoms with van der Waals surface area (Å²) in [5.41, 5.74) is 0.736. The van der Waals surface area contributed by atoms with Gasteiger partial charge in [0.2, 0.25) is 5.91 Å². The van der Waals surface area contributed by atoms with Gasteiger partial charge in [0, 0.05) is 22.7 Å². The van der Waals surface area contributed by atoms with Gasteiger partial charge in [0.25, 0.3) is 0 Å². The van der Waals surface area contributed by atoms with Gasteiger partial charge >= 0.3 is 0 Å². The SMILES string of the molecule is CN(CC(=O)N(Cc1cccs1)c1ccc2c(c1)OCCO2)[C@H]1CCS(=O)(=O)C1. The Morgan fingerprint density at radius 1 is 1.21 bits per heavy atom. The Morgan fingerprint density at radius 2 is 2.00 bits per heavy atom. The lowest BCUT2D eigenvalue weighted by atomic mass is 10.2. The van der Waals surface area contributed by atoms with Crippen molar-refractivity contribution in [2.24, 2.45) is 0 Å². The topological polar surface area (TPSA) is 76.2 Å². The highest BCUT2D eigenvalue weighted by Crippen LogP contribution is 2.35. The van der Waals surface area contributed by atoms with Crippen molar-refractivity contribution in [1.82, 2.24) is 4.90 Å². The van der Waals surface area contributed by atoms with Gasteiger partial charge in [-0.1, -0.05) is 6.07 Å². The average Bonchev–Trinajstić information content (AvgIpc) is 3.34. The van der Waals surface area contributed by atoms with E-state index in [9.17, 15) is 13.2 Å². The molecule has 0 unspecified atom stereocenters. The average molecular weight is 437 g/mol. The van der Waals surface area contributed by atoms with E-state index in [1.807, 2.05) is 47.7 Å². The van der Waals surface area contributed by atoms with E-state index in [4.69, 9.17) is 9.47 Å². The minimum Gasteiger partial charge on any atom is -0.486 e. The van der Waals surface area contributed by atoms with Crippen molar-refractivity contribution in [3.05, 3.63) is 40.6 Å². The number of carbonyl (C=O) groups excluding carboxylic acids is 1. The molecule has 0 N–H and O–H groups in total. The Kier molecular flexibility index (Phi) is 5.80. The summed E-state index contributed by atoms with van der Waals surface area (Å²) >= 11 is 1.59. The summed E-state index contributed by atoms with van der Waals surface area (Å²) in [6, 6.07) is 9.36. The van der Waals surface area contributed by atoms with Crippen molar-refractivity contribution in [2.75, 3.05) is 43.2 Å². The van der Waals surface area contributed by atoms with Crippen molar-refractivity contribution in [3.8, 4) is 11.5 Å². The molecular weight excluding hydrogens is 412 g/mol. The number of amides is 1. The highest BCUT2D eigenvalue weighted by Gasteiger charge is 2.32. The third-order valence-corrected chi connectivity index (χ3v) is 7.86. The molecule has 1 atom stereocenters. The highest BCUT2D eigenvalue weighted by atomic mass is 32.2. The van der Waals surface area contributed by atoms with E-state index in [2.05, 4.69) is 0 Å². The van der Waals surface area contributed by atoms with Crippen LogP contribution in [0.2, 0.25) is 0 Å². The second-order valence-electron chi connectivity index (χ2n) is 7.36. The molecule has 1 saturated heterocycles. The van der Waals surface area contributed by atoms with Gasteiger partial charge in [-0.05, 0) is 37.0 Å². The zero-order chi connectivity index (χ0) is 20.4. The maximum Gasteiger partial charge on any atom is 0.241 e. The molecule has 7 nitrogen and oxygen atoms in total.